The molecule has 0 spiro atoms. The van der Waals surface area contributed by atoms with Crippen LogP contribution in [0.2, 0.25) is 0 Å². The molecule has 2 rings (SSSR count). The molecule has 3 nitrogen and oxygen atoms in total. The van der Waals surface area contributed by atoms with Gasteiger partial charge in [-0.05, 0) is 19.8 Å². The van der Waals surface area contributed by atoms with E-state index in [0.717, 1.165) is 5.01 Å². The van der Waals surface area contributed by atoms with Gasteiger partial charge in [-0.2, -0.15) is 18.3 Å². The molecule has 1 amide bonds. The minimum Gasteiger partial charge on any atom is -0.273 e. The van der Waals surface area contributed by atoms with E-state index in [-0.39, 0.29) is 31.7 Å². The maximum Gasteiger partial charge on any atom is 0.396 e. The largest absolute Gasteiger partial charge is 0.396 e. The molecule has 6 heteroatoms. The molecule has 0 unspecified atom stereocenters. The predicted octanol–water partition coefficient (Wildman–Crippen LogP) is 2.33. The first-order chi connectivity index (χ1) is 7.34. The number of rotatable bonds is 2. The second kappa shape index (κ2) is 3.46. The van der Waals surface area contributed by atoms with E-state index in [4.69, 9.17) is 0 Å². The van der Waals surface area contributed by atoms with Gasteiger partial charge in [0, 0.05) is 5.71 Å². The van der Waals surface area contributed by atoms with Gasteiger partial charge in [-0.15, -0.1) is 0 Å². The molecule has 0 radical (unpaired) electrons. The number of nitrogens with zero attached hydrogens (tertiary/aromatic N) is 2. The molecule has 0 aromatic rings. The molecule has 0 saturated heterocycles. The van der Waals surface area contributed by atoms with E-state index < -0.39 is 11.6 Å². The van der Waals surface area contributed by atoms with Gasteiger partial charge in [0.05, 0.1) is 18.4 Å². The van der Waals surface area contributed by atoms with Gasteiger partial charge in [-0.1, -0.05) is 6.42 Å². The molecule has 1 saturated carbocycles. The Labute approximate surface area is 91.3 Å². The summed E-state index contributed by atoms with van der Waals surface area (Å²) in [5.41, 5.74) is -1.13. The second-order valence-electron chi connectivity index (χ2n) is 4.60. The van der Waals surface area contributed by atoms with Crippen LogP contribution in [-0.2, 0) is 4.79 Å². The number of hydrogen-bond acceptors (Lipinski definition) is 2. The van der Waals surface area contributed by atoms with E-state index in [1.54, 1.807) is 6.92 Å². The fourth-order valence-electron chi connectivity index (χ4n) is 2.15. The van der Waals surface area contributed by atoms with Crippen LogP contribution in [0.5, 0.6) is 0 Å². The third-order valence-corrected chi connectivity index (χ3v) is 3.35. The van der Waals surface area contributed by atoms with Crippen molar-refractivity contribution in [3.8, 4) is 0 Å². The number of alkyl halides is 3. The first-order valence-corrected chi connectivity index (χ1v) is 5.25. The third kappa shape index (κ3) is 1.70. The minimum atomic E-state index is -4.24. The number of amides is 1. The number of carbonyl (C=O) groups is 1. The Morgan fingerprint density at radius 1 is 1.44 bits per heavy atom. The van der Waals surface area contributed by atoms with E-state index in [1.807, 2.05) is 0 Å². The lowest BCUT2D eigenvalue weighted by atomic mass is 9.68. The van der Waals surface area contributed by atoms with Crippen LogP contribution in [0.15, 0.2) is 5.10 Å². The molecule has 90 valence electrons. The first kappa shape index (κ1) is 11.4. The summed E-state index contributed by atoms with van der Waals surface area (Å²) in [6.07, 6.45) is -3.31. The van der Waals surface area contributed by atoms with Crippen molar-refractivity contribution in [1.29, 1.82) is 0 Å². The van der Waals surface area contributed by atoms with Crippen LogP contribution in [0, 0.1) is 5.41 Å². The standard InChI is InChI=1S/C10H13F3N2O/c1-7-5-8(16)15(14-7)6-9(3-2-4-9)10(11,12)13/h2-6H2,1H3. The molecular weight excluding hydrogens is 221 g/mol. The second-order valence-corrected chi connectivity index (χ2v) is 4.60. The highest BCUT2D eigenvalue weighted by Crippen LogP contribution is 2.53. The Hall–Kier alpha value is -1.07. The van der Waals surface area contributed by atoms with Crippen LogP contribution in [0.4, 0.5) is 13.2 Å². The molecule has 1 aliphatic carbocycles. The summed E-state index contributed by atoms with van der Waals surface area (Å²) in [7, 11) is 0. The Balaban J connectivity index is 2.11. The quantitative estimate of drug-likeness (QED) is 0.721. The average molecular weight is 234 g/mol. The van der Waals surface area contributed by atoms with Crippen LogP contribution in [-0.4, -0.2) is 29.3 Å². The maximum absolute atomic E-state index is 12.8. The Bertz CT molecular complexity index is 344. The molecule has 1 fully saturated rings. The van der Waals surface area contributed by atoms with Crippen molar-refractivity contribution in [3.05, 3.63) is 0 Å². The third-order valence-electron chi connectivity index (χ3n) is 3.35. The average Bonchev–Trinajstić information content (AvgIpc) is 2.35. The van der Waals surface area contributed by atoms with E-state index in [9.17, 15) is 18.0 Å². The molecule has 0 atom stereocenters. The Morgan fingerprint density at radius 3 is 2.38 bits per heavy atom. The highest BCUT2D eigenvalue weighted by atomic mass is 19.4. The zero-order chi connectivity index (χ0) is 12.0. The highest BCUT2D eigenvalue weighted by Gasteiger charge is 2.59. The van der Waals surface area contributed by atoms with Gasteiger partial charge in [-0.3, -0.25) is 4.79 Å². The van der Waals surface area contributed by atoms with Crippen molar-refractivity contribution in [2.24, 2.45) is 10.5 Å². The van der Waals surface area contributed by atoms with E-state index in [2.05, 4.69) is 5.10 Å². The smallest absolute Gasteiger partial charge is 0.273 e. The molecular formula is C10H13F3N2O. The molecule has 1 heterocycles. The summed E-state index contributed by atoms with van der Waals surface area (Å²) >= 11 is 0. The normalized spacial score (nSPS) is 24.4. The molecule has 16 heavy (non-hydrogen) atoms. The first-order valence-electron chi connectivity index (χ1n) is 5.25. The van der Waals surface area contributed by atoms with Crippen LogP contribution in [0.25, 0.3) is 0 Å². The van der Waals surface area contributed by atoms with Crippen molar-refractivity contribution < 1.29 is 18.0 Å². The summed E-state index contributed by atoms with van der Waals surface area (Å²) < 4.78 is 38.5. The van der Waals surface area contributed by atoms with Crippen molar-refractivity contribution in [3.63, 3.8) is 0 Å². The molecule has 0 bridgehead atoms. The zero-order valence-corrected chi connectivity index (χ0v) is 8.97. The number of hydrogen-bond donors (Lipinski definition) is 0. The van der Waals surface area contributed by atoms with Gasteiger partial charge in [0.25, 0.3) is 0 Å². The number of halogens is 3. The molecule has 1 aliphatic heterocycles. The summed E-state index contributed by atoms with van der Waals surface area (Å²) in [6, 6.07) is 0. The predicted molar refractivity (Wildman–Crippen MR) is 51.8 cm³/mol. The zero-order valence-electron chi connectivity index (χ0n) is 8.97. The minimum absolute atomic E-state index is 0.106. The van der Waals surface area contributed by atoms with Gasteiger partial charge in [0.15, 0.2) is 0 Å². The van der Waals surface area contributed by atoms with Gasteiger partial charge >= 0.3 is 6.18 Å². The van der Waals surface area contributed by atoms with Gasteiger partial charge < -0.3 is 0 Å². The summed E-state index contributed by atoms with van der Waals surface area (Å²) in [5.74, 6) is -0.326. The van der Waals surface area contributed by atoms with Crippen LogP contribution in [0.3, 0.4) is 0 Å². The van der Waals surface area contributed by atoms with E-state index >= 15 is 0 Å². The van der Waals surface area contributed by atoms with Crippen LogP contribution >= 0.6 is 0 Å². The number of carbonyl (C=O) groups excluding carboxylic acids is 1. The van der Waals surface area contributed by atoms with Gasteiger partial charge in [0.1, 0.15) is 0 Å². The van der Waals surface area contributed by atoms with Gasteiger partial charge in [0.2, 0.25) is 5.91 Å². The monoisotopic (exact) mass is 234 g/mol. The van der Waals surface area contributed by atoms with Gasteiger partial charge in [-0.25, -0.2) is 5.01 Å². The molecule has 0 aromatic heterocycles. The highest BCUT2D eigenvalue weighted by molar-refractivity contribution is 6.03. The Morgan fingerprint density at radius 2 is 2.06 bits per heavy atom. The maximum atomic E-state index is 12.8. The summed E-state index contributed by atoms with van der Waals surface area (Å²) in [6.45, 7) is 1.34. The summed E-state index contributed by atoms with van der Waals surface area (Å²) in [5, 5.41) is 4.84. The van der Waals surface area contributed by atoms with Crippen LogP contribution < -0.4 is 0 Å². The lowest BCUT2D eigenvalue weighted by molar-refractivity contribution is -0.255. The Kier molecular flexibility index (Phi) is 2.47. The summed E-state index contributed by atoms with van der Waals surface area (Å²) in [4.78, 5) is 11.4. The molecule has 0 aromatic carbocycles. The van der Waals surface area contributed by atoms with E-state index in [1.165, 1.54) is 0 Å². The fourth-order valence-corrected chi connectivity index (χ4v) is 2.15. The van der Waals surface area contributed by atoms with Crippen molar-refractivity contribution in [1.82, 2.24) is 5.01 Å². The number of hydrazone groups is 1. The fraction of sp³-hybridized carbons (Fsp3) is 0.800. The van der Waals surface area contributed by atoms with Crippen molar-refractivity contribution in [2.75, 3.05) is 6.54 Å². The topological polar surface area (TPSA) is 32.7 Å². The lowest BCUT2D eigenvalue weighted by Crippen LogP contribution is -2.51. The lowest BCUT2D eigenvalue weighted by Gasteiger charge is -2.44. The van der Waals surface area contributed by atoms with E-state index in [0.29, 0.717) is 12.1 Å². The van der Waals surface area contributed by atoms with Crippen LogP contribution in [0.1, 0.15) is 32.6 Å². The van der Waals surface area contributed by atoms with Crippen molar-refractivity contribution in [2.45, 2.75) is 38.8 Å². The molecule has 0 N–H and O–H groups in total. The van der Waals surface area contributed by atoms with Crippen molar-refractivity contribution >= 4 is 11.6 Å². The molecule has 2 aliphatic rings. The SMILES string of the molecule is CC1=NN(CC2(C(F)(F)F)CCC2)C(=O)C1.